The molecule has 22 heavy (non-hydrogen) atoms. The van der Waals surface area contributed by atoms with E-state index in [4.69, 9.17) is 0 Å². The summed E-state index contributed by atoms with van der Waals surface area (Å²) in [6, 6.07) is 4.14. The van der Waals surface area contributed by atoms with Crippen LogP contribution in [-0.2, 0) is 18.3 Å². The Morgan fingerprint density at radius 3 is 2.95 bits per heavy atom. The van der Waals surface area contributed by atoms with Crippen LogP contribution in [-0.4, -0.2) is 26.8 Å². The molecular formula is C15H20N6O. The number of carbonyl (C=O) groups excluding carboxylic acids is 1. The number of aryl methyl sites for hydroxylation is 2. The van der Waals surface area contributed by atoms with E-state index >= 15 is 0 Å². The maximum Gasteiger partial charge on any atom is 0.221 e. The monoisotopic (exact) mass is 300 g/mol. The average Bonchev–Trinajstić information content (AvgIpc) is 3.15. The van der Waals surface area contributed by atoms with E-state index in [1.54, 1.807) is 23.3 Å². The number of carbonyl (C=O) groups is 1. The van der Waals surface area contributed by atoms with Gasteiger partial charge in [0.05, 0.1) is 12.4 Å². The van der Waals surface area contributed by atoms with E-state index < -0.39 is 0 Å². The molecule has 7 heteroatoms. The zero-order valence-electron chi connectivity index (χ0n) is 12.5. The maximum absolute atomic E-state index is 12.0. The molecule has 0 radical (unpaired) electrons. The molecule has 1 aliphatic heterocycles. The first-order chi connectivity index (χ1) is 10.7. The minimum absolute atomic E-state index is 0.0403. The molecule has 0 saturated carbocycles. The Morgan fingerprint density at radius 1 is 1.41 bits per heavy atom. The van der Waals surface area contributed by atoms with Crippen LogP contribution < -0.4 is 16.2 Å². The van der Waals surface area contributed by atoms with Gasteiger partial charge in [-0.05, 0) is 29.7 Å². The van der Waals surface area contributed by atoms with Gasteiger partial charge in [0.15, 0.2) is 0 Å². The summed E-state index contributed by atoms with van der Waals surface area (Å²) in [6.07, 6.45) is 9.19. The van der Waals surface area contributed by atoms with Crippen LogP contribution >= 0.6 is 0 Å². The molecule has 3 heterocycles. The number of hydrazine groups is 1. The van der Waals surface area contributed by atoms with Gasteiger partial charge >= 0.3 is 0 Å². The molecule has 2 atom stereocenters. The van der Waals surface area contributed by atoms with Gasteiger partial charge in [-0.15, -0.1) is 0 Å². The van der Waals surface area contributed by atoms with E-state index in [2.05, 4.69) is 26.3 Å². The summed E-state index contributed by atoms with van der Waals surface area (Å²) >= 11 is 0. The Morgan fingerprint density at radius 2 is 2.23 bits per heavy atom. The predicted octanol–water partition coefficient (Wildman–Crippen LogP) is 0.429. The van der Waals surface area contributed by atoms with Crippen LogP contribution in [0.4, 0.5) is 0 Å². The number of rotatable bonds is 5. The van der Waals surface area contributed by atoms with Crippen LogP contribution in [0.1, 0.15) is 30.0 Å². The van der Waals surface area contributed by atoms with Crippen LogP contribution in [0.2, 0.25) is 0 Å². The summed E-state index contributed by atoms with van der Waals surface area (Å²) in [5, 5.41) is 7.10. The Labute approximate surface area is 129 Å². The third kappa shape index (κ3) is 3.69. The molecule has 3 N–H and O–H groups in total. The van der Waals surface area contributed by atoms with Gasteiger partial charge in [-0.3, -0.25) is 14.5 Å². The second-order valence-electron chi connectivity index (χ2n) is 5.50. The number of aromatic nitrogens is 3. The fraction of sp³-hybridized carbons (Fsp3) is 0.400. The smallest absolute Gasteiger partial charge is 0.221 e. The van der Waals surface area contributed by atoms with Crippen molar-refractivity contribution in [2.75, 3.05) is 0 Å². The molecule has 2 unspecified atom stereocenters. The lowest BCUT2D eigenvalue weighted by Crippen LogP contribution is -2.44. The van der Waals surface area contributed by atoms with Crippen LogP contribution in [0.3, 0.4) is 0 Å². The van der Waals surface area contributed by atoms with Crippen molar-refractivity contribution >= 4 is 5.91 Å². The van der Waals surface area contributed by atoms with Gasteiger partial charge in [0.2, 0.25) is 5.91 Å². The molecule has 2 aromatic rings. The van der Waals surface area contributed by atoms with Crippen LogP contribution in [0.25, 0.3) is 0 Å². The van der Waals surface area contributed by atoms with Crippen LogP contribution in [0.15, 0.2) is 36.9 Å². The molecule has 1 fully saturated rings. The Kier molecular flexibility index (Phi) is 4.45. The minimum Gasteiger partial charge on any atom is -0.339 e. The number of nitrogens with zero attached hydrogens (tertiary/aromatic N) is 3. The normalized spacial score (nSPS) is 21.0. The van der Waals surface area contributed by atoms with Crippen molar-refractivity contribution in [1.82, 2.24) is 30.9 Å². The van der Waals surface area contributed by atoms with Crippen molar-refractivity contribution < 1.29 is 4.79 Å². The summed E-state index contributed by atoms with van der Waals surface area (Å²) in [7, 11) is 1.87. The molecule has 0 aromatic carbocycles. The standard InChI is InChI=1S/C15H20N6O/c1-21-10-11(9-17-21)2-3-15(22)18-14-8-13(19-20-14)12-4-6-16-7-5-12/h4-7,9-10,13-14,19-20H,2-3,8H2,1H3,(H,18,22). The number of nitrogens with one attached hydrogen (secondary N) is 3. The highest BCUT2D eigenvalue weighted by molar-refractivity contribution is 5.76. The van der Waals surface area contributed by atoms with E-state index in [9.17, 15) is 4.79 Å². The quantitative estimate of drug-likeness (QED) is 0.746. The largest absolute Gasteiger partial charge is 0.339 e. The second-order valence-corrected chi connectivity index (χ2v) is 5.50. The van der Waals surface area contributed by atoms with Gasteiger partial charge in [0, 0.05) is 44.5 Å². The van der Waals surface area contributed by atoms with Crippen LogP contribution in [0.5, 0.6) is 0 Å². The number of amides is 1. The van der Waals surface area contributed by atoms with Crippen molar-refractivity contribution in [3.8, 4) is 0 Å². The fourth-order valence-electron chi connectivity index (χ4n) is 2.59. The Balaban J connectivity index is 1.45. The molecule has 0 bridgehead atoms. The molecule has 2 aromatic heterocycles. The molecule has 0 aliphatic carbocycles. The maximum atomic E-state index is 12.0. The molecule has 7 nitrogen and oxygen atoms in total. The van der Waals surface area contributed by atoms with Gasteiger partial charge in [0.25, 0.3) is 0 Å². The Bertz CT molecular complexity index is 626. The summed E-state index contributed by atoms with van der Waals surface area (Å²) in [6.45, 7) is 0. The number of hydrogen-bond donors (Lipinski definition) is 3. The zero-order chi connectivity index (χ0) is 15.4. The summed E-state index contributed by atoms with van der Waals surface area (Å²) in [5.41, 5.74) is 8.55. The highest BCUT2D eigenvalue weighted by Gasteiger charge is 2.25. The van der Waals surface area contributed by atoms with Crippen LogP contribution in [0, 0.1) is 0 Å². The third-order valence-corrected chi connectivity index (χ3v) is 3.75. The lowest BCUT2D eigenvalue weighted by molar-refractivity contribution is -0.121. The van der Waals surface area contributed by atoms with Gasteiger partial charge in [-0.2, -0.15) is 5.10 Å². The molecular weight excluding hydrogens is 280 g/mol. The van der Waals surface area contributed by atoms with Gasteiger partial charge in [-0.25, -0.2) is 10.9 Å². The average molecular weight is 300 g/mol. The highest BCUT2D eigenvalue weighted by Crippen LogP contribution is 2.20. The van der Waals surface area contributed by atoms with Crippen molar-refractivity contribution in [2.45, 2.75) is 31.5 Å². The molecule has 0 spiro atoms. The first-order valence-corrected chi connectivity index (χ1v) is 7.38. The molecule has 116 valence electrons. The SMILES string of the molecule is Cn1cc(CCC(=O)NC2CC(c3ccncc3)NN2)cn1. The van der Waals surface area contributed by atoms with Gasteiger partial charge in [-0.1, -0.05) is 0 Å². The van der Waals surface area contributed by atoms with Crippen molar-refractivity contribution in [3.63, 3.8) is 0 Å². The fourth-order valence-corrected chi connectivity index (χ4v) is 2.59. The summed E-state index contributed by atoms with van der Waals surface area (Å²) in [4.78, 5) is 16.0. The van der Waals surface area contributed by atoms with E-state index in [1.807, 2.05) is 25.4 Å². The summed E-state index contributed by atoms with van der Waals surface area (Å²) < 4.78 is 1.75. The zero-order valence-corrected chi connectivity index (χ0v) is 12.5. The van der Waals surface area contributed by atoms with Crippen molar-refractivity contribution in [3.05, 3.63) is 48.0 Å². The van der Waals surface area contributed by atoms with E-state index in [0.29, 0.717) is 12.8 Å². The number of hydrogen-bond acceptors (Lipinski definition) is 5. The van der Waals surface area contributed by atoms with E-state index in [-0.39, 0.29) is 18.1 Å². The highest BCUT2D eigenvalue weighted by atomic mass is 16.1. The minimum atomic E-state index is -0.0560. The third-order valence-electron chi connectivity index (χ3n) is 3.75. The van der Waals surface area contributed by atoms with Crippen molar-refractivity contribution in [1.29, 1.82) is 0 Å². The lowest BCUT2D eigenvalue weighted by atomic mass is 10.1. The molecule has 1 saturated heterocycles. The first-order valence-electron chi connectivity index (χ1n) is 7.38. The first kappa shape index (κ1) is 14.7. The molecule has 1 amide bonds. The second kappa shape index (κ2) is 6.67. The topological polar surface area (TPSA) is 83.9 Å². The summed E-state index contributed by atoms with van der Waals surface area (Å²) in [5.74, 6) is 0.0403. The van der Waals surface area contributed by atoms with E-state index in [1.165, 1.54) is 0 Å². The molecule has 3 rings (SSSR count). The van der Waals surface area contributed by atoms with E-state index in [0.717, 1.165) is 17.5 Å². The molecule has 1 aliphatic rings. The predicted molar refractivity (Wildman–Crippen MR) is 81.3 cm³/mol. The lowest BCUT2D eigenvalue weighted by Gasteiger charge is -2.11. The van der Waals surface area contributed by atoms with Crippen molar-refractivity contribution in [2.24, 2.45) is 7.05 Å². The number of pyridine rings is 1. The van der Waals surface area contributed by atoms with Gasteiger partial charge in [0.1, 0.15) is 0 Å². The van der Waals surface area contributed by atoms with Gasteiger partial charge < -0.3 is 5.32 Å². The Hall–Kier alpha value is -2.25.